The Labute approximate surface area is 297 Å². The Morgan fingerprint density at radius 1 is 0.431 bits per heavy atom. The Bertz CT molecular complexity index is 2640. The number of anilines is 3. The van der Waals surface area contributed by atoms with Crippen molar-refractivity contribution in [2.45, 2.75) is 5.41 Å². The van der Waals surface area contributed by atoms with E-state index in [4.69, 9.17) is 4.98 Å². The number of hydrogen-bond donors (Lipinski definition) is 0. The van der Waals surface area contributed by atoms with E-state index in [9.17, 15) is 0 Å². The maximum Gasteiger partial charge on any atom is 0.137 e. The second-order valence-electron chi connectivity index (χ2n) is 13.2. The Morgan fingerprint density at radius 2 is 1.02 bits per heavy atom. The Morgan fingerprint density at radius 3 is 1.76 bits per heavy atom. The van der Waals surface area contributed by atoms with Crippen LogP contribution < -0.4 is 4.90 Å². The van der Waals surface area contributed by atoms with Crippen LogP contribution in [0.1, 0.15) is 22.3 Å². The van der Waals surface area contributed by atoms with Crippen LogP contribution in [0.5, 0.6) is 0 Å². The highest BCUT2D eigenvalue weighted by atomic mass is 15.2. The zero-order valence-corrected chi connectivity index (χ0v) is 27.9. The molecule has 3 nitrogen and oxygen atoms in total. The lowest BCUT2D eigenvalue weighted by molar-refractivity contribution is 0.768. The predicted molar refractivity (Wildman–Crippen MR) is 211 cm³/mol. The molecule has 0 spiro atoms. The molecule has 51 heavy (non-hydrogen) atoms. The molecule has 240 valence electrons. The van der Waals surface area contributed by atoms with Crippen LogP contribution in [0.4, 0.5) is 17.2 Å². The maximum atomic E-state index is 4.93. The smallest absolute Gasteiger partial charge is 0.137 e. The van der Waals surface area contributed by atoms with Crippen molar-refractivity contribution in [2.24, 2.45) is 0 Å². The Hall–Kier alpha value is -6.71. The summed E-state index contributed by atoms with van der Waals surface area (Å²) in [5, 5.41) is 2.42. The molecule has 7 aromatic carbocycles. The summed E-state index contributed by atoms with van der Waals surface area (Å²) in [6.07, 6.45) is 1.88. The molecular weight excluding hydrogens is 619 g/mol. The van der Waals surface area contributed by atoms with Gasteiger partial charge in [0.25, 0.3) is 0 Å². The molecule has 0 radical (unpaired) electrons. The number of aromatic nitrogens is 2. The number of nitrogens with zero attached hydrogens (tertiary/aromatic N) is 3. The zero-order valence-electron chi connectivity index (χ0n) is 27.9. The molecule has 9 aromatic rings. The molecule has 2 heterocycles. The van der Waals surface area contributed by atoms with Crippen LogP contribution in [0.25, 0.3) is 38.6 Å². The Kier molecular flexibility index (Phi) is 6.71. The predicted octanol–water partition coefficient (Wildman–Crippen LogP) is 12.0. The van der Waals surface area contributed by atoms with E-state index >= 15 is 0 Å². The van der Waals surface area contributed by atoms with Crippen LogP contribution >= 0.6 is 0 Å². The first kappa shape index (κ1) is 29.2. The summed E-state index contributed by atoms with van der Waals surface area (Å²) in [5.41, 5.74) is 12.7. The fraction of sp³-hybridized carbons (Fsp3) is 0.0208. The summed E-state index contributed by atoms with van der Waals surface area (Å²) in [5.74, 6) is 0.865. The normalized spacial score (nSPS) is 12.9. The van der Waals surface area contributed by atoms with Crippen LogP contribution in [0.2, 0.25) is 0 Å². The molecule has 0 N–H and O–H groups in total. The molecular formula is C48H33N3. The van der Waals surface area contributed by atoms with Gasteiger partial charge >= 0.3 is 0 Å². The molecule has 0 bridgehead atoms. The van der Waals surface area contributed by atoms with Crippen molar-refractivity contribution >= 4 is 39.0 Å². The fourth-order valence-corrected chi connectivity index (χ4v) is 8.43. The van der Waals surface area contributed by atoms with Crippen LogP contribution in [-0.2, 0) is 5.41 Å². The second-order valence-corrected chi connectivity index (χ2v) is 13.2. The van der Waals surface area contributed by atoms with E-state index in [0.717, 1.165) is 22.9 Å². The molecule has 10 rings (SSSR count). The van der Waals surface area contributed by atoms with Crippen LogP contribution in [-0.4, -0.2) is 9.55 Å². The first-order valence-corrected chi connectivity index (χ1v) is 17.5. The lowest BCUT2D eigenvalue weighted by Crippen LogP contribution is -2.28. The van der Waals surface area contributed by atoms with Crippen molar-refractivity contribution in [3.05, 3.63) is 223 Å². The first-order chi connectivity index (χ1) is 25.3. The topological polar surface area (TPSA) is 21.1 Å². The summed E-state index contributed by atoms with van der Waals surface area (Å²) in [4.78, 5) is 7.24. The lowest BCUT2D eigenvalue weighted by atomic mass is 9.67. The van der Waals surface area contributed by atoms with Gasteiger partial charge in [0, 0.05) is 34.0 Å². The van der Waals surface area contributed by atoms with Crippen LogP contribution in [0.3, 0.4) is 0 Å². The van der Waals surface area contributed by atoms with Gasteiger partial charge in [0.15, 0.2) is 0 Å². The number of pyridine rings is 1. The summed E-state index contributed by atoms with van der Waals surface area (Å²) in [7, 11) is 0. The molecule has 3 heteroatoms. The molecule has 0 unspecified atom stereocenters. The number of fused-ring (bicyclic) bond motifs is 6. The molecule has 1 aliphatic rings. The minimum absolute atomic E-state index is 0.493. The van der Waals surface area contributed by atoms with E-state index in [0.29, 0.717) is 0 Å². The van der Waals surface area contributed by atoms with Crippen molar-refractivity contribution in [3.8, 4) is 16.8 Å². The largest absolute Gasteiger partial charge is 0.309 e. The van der Waals surface area contributed by atoms with E-state index < -0.39 is 5.41 Å². The van der Waals surface area contributed by atoms with Gasteiger partial charge in [0.1, 0.15) is 5.82 Å². The van der Waals surface area contributed by atoms with Crippen molar-refractivity contribution in [1.29, 1.82) is 0 Å². The molecule has 0 saturated carbocycles. The van der Waals surface area contributed by atoms with Gasteiger partial charge in [-0.15, -0.1) is 0 Å². The third-order valence-corrected chi connectivity index (χ3v) is 10.5. The van der Waals surface area contributed by atoms with Gasteiger partial charge in [0.05, 0.1) is 16.4 Å². The maximum absolute atomic E-state index is 4.93. The van der Waals surface area contributed by atoms with E-state index in [2.05, 4.69) is 198 Å². The molecule has 0 atom stereocenters. The monoisotopic (exact) mass is 651 g/mol. The molecule has 0 amide bonds. The van der Waals surface area contributed by atoms with Gasteiger partial charge in [-0.3, -0.25) is 4.90 Å². The number of rotatable bonds is 6. The Balaban J connectivity index is 1.24. The number of hydrogen-bond acceptors (Lipinski definition) is 2. The van der Waals surface area contributed by atoms with Crippen molar-refractivity contribution in [1.82, 2.24) is 9.55 Å². The molecule has 0 aliphatic heterocycles. The van der Waals surface area contributed by atoms with E-state index in [1.54, 1.807) is 0 Å². The van der Waals surface area contributed by atoms with Gasteiger partial charge < -0.3 is 4.57 Å². The first-order valence-electron chi connectivity index (χ1n) is 17.5. The zero-order chi connectivity index (χ0) is 33.8. The van der Waals surface area contributed by atoms with E-state index in [-0.39, 0.29) is 0 Å². The molecule has 0 fully saturated rings. The minimum Gasteiger partial charge on any atom is -0.309 e. The van der Waals surface area contributed by atoms with Gasteiger partial charge in [-0.25, -0.2) is 4.98 Å². The highest BCUT2D eigenvalue weighted by molar-refractivity contribution is 6.10. The highest BCUT2D eigenvalue weighted by Crippen LogP contribution is 2.57. The molecule has 0 saturated heterocycles. The summed E-state index contributed by atoms with van der Waals surface area (Å²) < 4.78 is 2.36. The van der Waals surface area contributed by atoms with Gasteiger partial charge in [-0.1, -0.05) is 133 Å². The summed E-state index contributed by atoms with van der Waals surface area (Å²) in [6.45, 7) is 0. The van der Waals surface area contributed by atoms with Crippen molar-refractivity contribution in [2.75, 3.05) is 4.90 Å². The SMILES string of the molecule is c1ccc(-n2c3ccccc3c3cc(N(c4ccc5c(c4)C(c4ccccc4)(c4ccccc4)c4ccccc4-5)c4ccccn4)ccc32)cc1. The van der Waals surface area contributed by atoms with E-state index in [1.165, 1.54) is 55.2 Å². The van der Waals surface area contributed by atoms with Gasteiger partial charge in [-0.2, -0.15) is 0 Å². The summed E-state index contributed by atoms with van der Waals surface area (Å²) >= 11 is 0. The van der Waals surface area contributed by atoms with Crippen molar-refractivity contribution in [3.63, 3.8) is 0 Å². The van der Waals surface area contributed by atoms with Crippen molar-refractivity contribution < 1.29 is 0 Å². The van der Waals surface area contributed by atoms with Gasteiger partial charge in [-0.05, 0) is 94.0 Å². The average molecular weight is 652 g/mol. The van der Waals surface area contributed by atoms with Crippen LogP contribution in [0, 0.1) is 0 Å². The quantitative estimate of drug-likeness (QED) is 0.178. The number of benzene rings is 7. The van der Waals surface area contributed by atoms with Crippen LogP contribution in [0.15, 0.2) is 200 Å². The van der Waals surface area contributed by atoms with E-state index in [1.807, 2.05) is 12.3 Å². The third kappa shape index (κ3) is 4.42. The average Bonchev–Trinajstić information content (AvgIpc) is 3.70. The standard InChI is InChI=1S/C48H33N3/c1-4-16-34(17-5-1)48(35-18-6-2-7-19-35)43-24-12-10-22-39(43)40-29-27-38(33-44(40)48)50(47-26-14-15-31-49-47)37-28-30-46-42(32-37)41-23-11-13-25-45(41)51(46)36-20-8-3-9-21-36/h1-33H. The second kappa shape index (κ2) is 11.7. The third-order valence-electron chi connectivity index (χ3n) is 10.5. The minimum atomic E-state index is -0.493. The molecule has 2 aromatic heterocycles. The van der Waals surface area contributed by atoms with Gasteiger partial charge in [0.2, 0.25) is 0 Å². The lowest BCUT2D eigenvalue weighted by Gasteiger charge is -2.34. The summed E-state index contributed by atoms with van der Waals surface area (Å²) in [6, 6.07) is 70.1. The number of para-hydroxylation sites is 2. The highest BCUT2D eigenvalue weighted by Gasteiger charge is 2.46. The molecule has 1 aliphatic carbocycles. The fourth-order valence-electron chi connectivity index (χ4n) is 8.43.